The Morgan fingerprint density at radius 3 is 2.68 bits per heavy atom. The van der Waals surface area contributed by atoms with E-state index in [1.807, 2.05) is 6.07 Å². The van der Waals surface area contributed by atoms with Crippen molar-refractivity contribution in [2.75, 3.05) is 32.8 Å². The van der Waals surface area contributed by atoms with Gasteiger partial charge in [-0.1, -0.05) is 0 Å². The minimum Gasteiger partial charge on any atom is -0.491 e. The summed E-state index contributed by atoms with van der Waals surface area (Å²) in [6, 6.07) is 9.10. The standard InChI is InChI=1S/C18H25N3O4/c1-2-24-18(23)21-9-7-15(8-10-21)20-12-16(22)13-25-17-5-3-14(11-19)4-6-17/h3-6,15-16,20,22H,2,7-10,12-13H2,1H3/t16-/m1/s1. The number of nitrogens with zero attached hydrogens (tertiary/aromatic N) is 2. The van der Waals surface area contributed by atoms with E-state index in [2.05, 4.69) is 5.32 Å². The van der Waals surface area contributed by atoms with Crippen LogP contribution in [-0.2, 0) is 4.74 Å². The van der Waals surface area contributed by atoms with Crippen LogP contribution in [0, 0.1) is 11.3 Å². The summed E-state index contributed by atoms with van der Waals surface area (Å²) in [6.07, 6.45) is 0.792. The van der Waals surface area contributed by atoms with Crippen molar-refractivity contribution in [1.29, 1.82) is 5.26 Å². The molecule has 1 aromatic carbocycles. The van der Waals surface area contributed by atoms with Gasteiger partial charge in [0.15, 0.2) is 0 Å². The van der Waals surface area contributed by atoms with Gasteiger partial charge in [0.1, 0.15) is 18.5 Å². The molecule has 136 valence electrons. The van der Waals surface area contributed by atoms with Crippen molar-refractivity contribution in [3.05, 3.63) is 29.8 Å². The Hall–Kier alpha value is -2.30. The van der Waals surface area contributed by atoms with Crippen LogP contribution in [0.3, 0.4) is 0 Å². The molecule has 7 heteroatoms. The van der Waals surface area contributed by atoms with E-state index in [9.17, 15) is 9.90 Å². The maximum Gasteiger partial charge on any atom is 0.409 e. The van der Waals surface area contributed by atoms with Gasteiger partial charge in [0.2, 0.25) is 0 Å². The van der Waals surface area contributed by atoms with Crippen LogP contribution in [0.15, 0.2) is 24.3 Å². The van der Waals surface area contributed by atoms with Gasteiger partial charge in [-0.15, -0.1) is 0 Å². The second kappa shape index (κ2) is 9.87. The van der Waals surface area contributed by atoms with Crippen LogP contribution in [0.1, 0.15) is 25.3 Å². The second-order valence-electron chi connectivity index (χ2n) is 5.97. The summed E-state index contributed by atoms with van der Waals surface area (Å²) in [7, 11) is 0. The smallest absolute Gasteiger partial charge is 0.409 e. The molecule has 1 fully saturated rings. The number of likely N-dealkylation sites (tertiary alicyclic amines) is 1. The SMILES string of the molecule is CCOC(=O)N1CCC(NC[C@@H](O)COc2ccc(C#N)cc2)CC1. The molecule has 2 N–H and O–H groups in total. The summed E-state index contributed by atoms with van der Waals surface area (Å²) in [6.45, 7) is 4.12. The fourth-order valence-corrected chi connectivity index (χ4v) is 2.66. The number of nitrogens with one attached hydrogen (secondary N) is 1. The summed E-state index contributed by atoms with van der Waals surface area (Å²) < 4.78 is 10.5. The summed E-state index contributed by atoms with van der Waals surface area (Å²) in [5, 5.41) is 22.1. The molecule has 1 aliphatic rings. The van der Waals surface area contributed by atoms with E-state index in [-0.39, 0.29) is 18.7 Å². The number of amides is 1. The van der Waals surface area contributed by atoms with Gasteiger partial charge in [0.05, 0.1) is 18.2 Å². The molecule has 25 heavy (non-hydrogen) atoms. The molecule has 1 aromatic rings. The maximum atomic E-state index is 11.6. The number of hydrogen-bond donors (Lipinski definition) is 2. The van der Waals surface area contributed by atoms with E-state index in [1.165, 1.54) is 0 Å². The minimum absolute atomic E-state index is 0.181. The number of rotatable bonds is 7. The van der Waals surface area contributed by atoms with E-state index >= 15 is 0 Å². The Bertz CT molecular complexity index is 577. The number of aliphatic hydroxyl groups is 1. The van der Waals surface area contributed by atoms with E-state index in [0.29, 0.717) is 37.6 Å². The number of ether oxygens (including phenoxy) is 2. The molecule has 1 heterocycles. The third-order valence-electron chi connectivity index (χ3n) is 4.09. The van der Waals surface area contributed by atoms with Crippen molar-refractivity contribution in [2.24, 2.45) is 0 Å². The van der Waals surface area contributed by atoms with E-state index < -0.39 is 6.10 Å². The van der Waals surface area contributed by atoms with Crippen LogP contribution in [0.4, 0.5) is 4.79 Å². The first-order chi connectivity index (χ1) is 12.1. The van der Waals surface area contributed by atoms with Gasteiger partial charge in [0, 0.05) is 25.7 Å². The Labute approximate surface area is 148 Å². The minimum atomic E-state index is -0.626. The third kappa shape index (κ3) is 6.25. The average molecular weight is 347 g/mol. The topological polar surface area (TPSA) is 94.8 Å². The number of hydrogen-bond acceptors (Lipinski definition) is 6. The zero-order valence-corrected chi connectivity index (χ0v) is 14.5. The van der Waals surface area contributed by atoms with Crippen molar-refractivity contribution in [1.82, 2.24) is 10.2 Å². The van der Waals surface area contributed by atoms with Crippen LogP contribution < -0.4 is 10.1 Å². The molecule has 7 nitrogen and oxygen atoms in total. The van der Waals surface area contributed by atoms with Gasteiger partial charge in [-0.25, -0.2) is 4.79 Å². The largest absolute Gasteiger partial charge is 0.491 e. The van der Waals surface area contributed by atoms with Crippen LogP contribution in [0.25, 0.3) is 0 Å². The number of aliphatic hydroxyl groups excluding tert-OH is 1. The molecule has 1 saturated heterocycles. The van der Waals surface area contributed by atoms with Gasteiger partial charge < -0.3 is 24.8 Å². The van der Waals surface area contributed by atoms with E-state index in [0.717, 1.165) is 12.8 Å². The molecular formula is C18H25N3O4. The van der Waals surface area contributed by atoms with Crippen LogP contribution in [-0.4, -0.2) is 61.1 Å². The zero-order valence-electron chi connectivity index (χ0n) is 14.5. The Morgan fingerprint density at radius 2 is 2.08 bits per heavy atom. The highest BCUT2D eigenvalue weighted by atomic mass is 16.6. The molecule has 0 aliphatic carbocycles. The second-order valence-corrected chi connectivity index (χ2v) is 5.97. The van der Waals surface area contributed by atoms with Crippen molar-refractivity contribution in [3.63, 3.8) is 0 Å². The van der Waals surface area contributed by atoms with Gasteiger partial charge in [-0.05, 0) is 44.0 Å². The van der Waals surface area contributed by atoms with E-state index in [4.69, 9.17) is 14.7 Å². The molecule has 0 spiro atoms. The molecule has 2 rings (SSSR count). The number of carbonyl (C=O) groups is 1. The van der Waals surface area contributed by atoms with Crippen LogP contribution in [0.5, 0.6) is 5.75 Å². The lowest BCUT2D eigenvalue weighted by molar-refractivity contribution is 0.0860. The van der Waals surface area contributed by atoms with Gasteiger partial charge in [0.25, 0.3) is 0 Å². The molecule has 0 radical (unpaired) electrons. The normalized spacial score (nSPS) is 16.1. The highest BCUT2D eigenvalue weighted by Crippen LogP contribution is 2.13. The molecule has 0 unspecified atom stereocenters. The van der Waals surface area contributed by atoms with Crippen molar-refractivity contribution < 1.29 is 19.4 Å². The molecule has 0 saturated carbocycles. The molecule has 1 aliphatic heterocycles. The highest BCUT2D eigenvalue weighted by molar-refractivity contribution is 5.67. The van der Waals surface area contributed by atoms with Gasteiger partial charge >= 0.3 is 6.09 Å². The number of benzene rings is 1. The predicted octanol–water partition coefficient (Wildman–Crippen LogP) is 1.51. The van der Waals surface area contributed by atoms with Gasteiger partial charge in [-0.2, -0.15) is 5.26 Å². The van der Waals surface area contributed by atoms with Crippen molar-refractivity contribution in [3.8, 4) is 11.8 Å². The lowest BCUT2D eigenvalue weighted by Gasteiger charge is -2.32. The first kappa shape index (κ1) is 19.0. The molecule has 1 atom stereocenters. The zero-order chi connectivity index (χ0) is 18.1. The highest BCUT2D eigenvalue weighted by Gasteiger charge is 2.23. The summed E-state index contributed by atoms with van der Waals surface area (Å²) in [4.78, 5) is 13.4. The number of carbonyl (C=O) groups excluding carboxylic acids is 1. The first-order valence-electron chi connectivity index (χ1n) is 8.58. The lowest BCUT2D eigenvalue weighted by atomic mass is 10.1. The summed E-state index contributed by atoms with van der Waals surface area (Å²) in [5.41, 5.74) is 0.573. The number of nitriles is 1. The van der Waals surface area contributed by atoms with Gasteiger partial charge in [-0.3, -0.25) is 0 Å². The average Bonchev–Trinajstić information content (AvgIpc) is 2.65. The third-order valence-corrected chi connectivity index (χ3v) is 4.09. The van der Waals surface area contributed by atoms with Crippen molar-refractivity contribution >= 4 is 6.09 Å². The Balaban J connectivity index is 1.63. The number of piperidine rings is 1. The van der Waals surface area contributed by atoms with Crippen molar-refractivity contribution in [2.45, 2.75) is 31.9 Å². The Morgan fingerprint density at radius 1 is 1.40 bits per heavy atom. The summed E-state index contributed by atoms with van der Waals surface area (Å²) in [5.74, 6) is 0.626. The monoisotopic (exact) mass is 347 g/mol. The first-order valence-corrected chi connectivity index (χ1v) is 8.58. The molecule has 0 bridgehead atoms. The predicted molar refractivity (Wildman–Crippen MR) is 92.3 cm³/mol. The van der Waals surface area contributed by atoms with Crippen LogP contribution in [0.2, 0.25) is 0 Å². The molecule has 0 aromatic heterocycles. The fraction of sp³-hybridized carbons (Fsp3) is 0.556. The Kier molecular flexibility index (Phi) is 7.51. The molecular weight excluding hydrogens is 322 g/mol. The van der Waals surface area contributed by atoms with Crippen LogP contribution >= 0.6 is 0 Å². The molecule has 1 amide bonds. The van der Waals surface area contributed by atoms with E-state index in [1.54, 1.807) is 36.1 Å². The quantitative estimate of drug-likeness (QED) is 0.776. The lowest BCUT2D eigenvalue weighted by Crippen LogP contribution is -2.47. The summed E-state index contributed by atoms with van der Waals surface area (Å²) >= 11 is 0. The fourth-order valence-electron chi connectivity index (χ4n) is 2.66. The maximum absolute atomic E-state index is 11.6.